The van der Waals surface area contributed by atoms with Crippen LogP contribution in [0.1, 0.15) is 0 Å². The maximum atomic E-state index is 8.46. The third-order valence-electron chi connectivity index (χ3n) is 0.667. The minimum Gasteiger partial charge on any atom is -0.310 e. The van der Waals surface area contributed by atoms with Gasteiger partial charge in [0.1, 0.15) is 0 Å². The molecule has 1 aromatic rings. The van der Waals surface area contributed by atoms with Crippen LogP contribution >= 0.6 is 17.4 Å². The van der Waals surface area contributed by atoms with Crippen molar-refractivity contribution in [1.82, 2.24) is 0 Å². The molecule has 0 bridgehead atoms. The fourth-order valence-electron chi connectivity index (χ4n) is 0.385. The molecule has 7 heteroatoms. The van der Waals surface area contributed by atoms with Gasteiger partial charge in [-0.1, -0.05) is 36.4 Å². The molecule has 0 aliphatic heterocycles. The van der Waals surface area contributed by atoms with E-state index in [4.69, 9.17) is 18.9 Å². The number of hydrogen-bond acceptors (Lipinski definition) is 2. The maximum Gasteiger partial charge on any atom is 2.00 e. The molecule has 0 spiro atoms. The van der Waals surface area contributed by atoms with Gasteiger partial charge in [-0.05, 0) is 0 Å². The third kappa shape index (κ3) is 33.4. The maximum absolute atomic E-state index is 8.46. The van der Waals surface area contributed by atoms with Gasteiger partial charge in [0.2, 0.25) is 0 Å². The summed E-state index contributed by atoms with van der Waals surface area (Å²) >= 11 is 0. The fraction of sp³-hybridized carbons (Fsp3) is 0. The quantitative estimate of drug-likeness (QED) is 0.559. The van der Waals surface area contributed by atoms with Crippen molar-refractivity contribution >= 4 is 17.4 Å². The summed E-state index contributed by atoms with van der Waals surface area (Å²) in [5, 5.41) is 0. The van der Waals surface area contributed by atoms with Crippen LogP contribution in [0.2, 0.25) is 0 Å². The molecular weight excluding hydrogens is 263 g/mol. The van der Waals surface area contributed by atoms with Gasteiger partial charge in [0.05, 0.1) is 0 Å². The smallest absolute Gasteiger partial charge is 0.310 e. The first-order chi connectivity index (χ1) is 5.83. The Morgan fingerprint density at radius 2 is 0.769 bits per heavy atom. The van der Waals surface area contributed by atoms with E-state index in [2.05, 4.69) is 0 Å². The summed E-state index contributed by atoms with van der Waals surface area (Å²) in [6.45, 7) is 0. The van der Waals surface area contributed by atoms with Crippen LogP contribution in [0.4, 0.5) is 0 Å². The molecule has 0 fully saturated rings. The SMILES string of the molecule is O=PO.O=PO.[Zn+2].c1ccccc1. The van der Waals surface area contributed by atoms with Gasteiger partial charge in [0.15, 0.2) is 0 Å². The Bertz CT molecular complexity index is 153. The Kier molecular flexibility index (Phi) is 32.6. The van der Waals surface area contributed by atoms with Crippen molar-refractivity contribution in [2.24, 2.45) is 0 Å². The van der Waals surface area contributed by atoms with Gasteiger partial charge >= 0.3 is 36.9 Å². The van der Waals surface area contributed by atoms with Gasteiger partial charge in [-0.15, -0.1) is 0 Å². The van der Waals surface area contributed by atoms with Crippen LogP contribution < -0.4 is 0 Å². The molecule has 4 nitrogen and oxygen atoms in total. The summed E-state index contributed by atoms with van der Waals surface area (Å²) in [5.74, 6) is 0. The third-order valence-corrected chi connectivity index (χ3v) is 0.667. The molecule has 0 aromatic heterocycles. The molecule has 0 aliphatic carbocycles. The van der Waals surface area contributed by atoms with Crippen LogP contribution in [0.25, 0.3) is 0 Å². The first-order valence-corrected chi connectivity index (χ1v) is 4.30. The Hall–Kier alpha value is -0.0366. The Morgan fingerprint density at radius 1 is 0.692 bits per heavy atom. The van der Waals surface area contributed by atoms with Crippen molar-refractivity contribution < 1.29 is 38.4 Å². The van der Waals surface area contributed by atoms with Crippen LogP contribution in [0.15, 0.2) is 36.4 Å². The van der Waals surface area contributed by atoms with E-state index in [-0.39, 0.29) is 19.5 Å². The van der Waals surface area contributed by atoms with Crippen LogP contribution in [0.3, 0.4) is 0 Å². The number of benzene rings is 1. The second-order valence-electron chi connectivity index (χ2n) is 1.32. The van der Waals surface area contributed by atoms with Crippen molar-refractivity contribution in [1.29, 1.82) is 0 Å². The average Bonchev–Trinajstić information content (AvgIpc) is 2.10. The topological polar surface area (TPSA) is 74.6 Å². The van der Waals surface area contributed by atoms with Crippen LogP contribution in [0, 0.1) is 0 Å². The molecule has 0 unspecified atom stereocenters. The predicted octanol–water partition coefficient (Wildman–Crippen LogP) is 2.05. The van der Waals surface area contributed by atoms with E-state index in [9.17, 15) is 0 Å². The fourth-order valence-corrected chi connectivity index (χ4v) is 0.385. The summed E-state index contributed by atoms with van der Waals surface area (Å²) in [6.07, 6.45) is 0. The van der Waals surface area contributed by atoms with Crippen molar-refractivity contribution in [3.05, 3.63) is 36.4 Å². The predicted molar refractivity (Wildman–Crippen MR) is 46.1 cm³/mol. The summed E-state index contributed by atoms with van der Waals surface area (Å²) in [7, 11) is -1.67. The molecule has 1 aromatic carbocycles. The van der Waals surface area contributed by atoms with Gasteiger partial charge in [-0.3, -0.25) is 0 Å². The second kappa shape index (κ2) is 22.7. The molecule has 1 rings (SSSR count). The Balaban J connectivity index is -0.000000126. The molecule has 0 heterocycles. The van der Waals surface area contributed by atoms with Gasteiger partial charge in [-0.2, -0.15) is 0 Å². The average molecular weight is 271 g/mol. The first kappa shape index (κ1) is 18.7. The molecule has 66 valence electrons. The van der Waals surface area contributed by atoms with Gasteiger partial charge in [0, 0.05) is 0 Å². The second-order valence-corrected chi connectivity index (χ2v) is 1.64. The van der Waals surface area contributed by atoms with E-state index in [0.717, 1.165) is 0 Å². The van der Waals surface area contributed by atoms with Crippen molar-refractivity contribution in [2.45, 2.75) is 0 Å². The van der Waals surface area contributed by atoms with E-state index in [1.165, 1.54) is 0 Å². The zero-order valence-corrected chi connectivity index (χ0v) is 11.5. The summed E-state index contributed by atoms with van der Waals surface area (Å²) in [4.78, 5) is 14.0. The van der Waals surface area contributed by atoms with Crippen LogP contribution in [-0.2, 0) is 28.6 Å². The number of hydrogen-bond donors (Lipinski definition) is 2. The molecule has 13 heavy (non-hydrogen) atoms. The molecule has 0 amide bonds. The molecule has 0 saturated carbocycles. The molecule has 0 atom stereocenters. The van der Waals surface area contributed by atoms with Gasteiger partial charge < -0.3 is 9.79 Å². The normalized spacial score (nSPS) is 6.92. The van der Waals surface area contributed by atoms with Crippen molar-refractivity contribution in [2.75, 3.05) is 0 Å². The van der Waals surface area contributed by atoms with Gasteiger partial charge in [-0.25, -0.2) is 9.13 Å². The van der Waals surface area contributed by atoms with E-state index < -0.39 is 17.4 Å². The van der Waals surface area contributed by atoms with E-state index in [1.54, 1.807) is 0 Å². The molecule has 0 aliphatic rings. The van der Waals surface area contributed by atoms with E-state index in [1.807, 2.05) is 36.4 Å². The molecule has 2 N–H and O–H groups in total. The first-order valence-electron chi connectivity index (χ1n) is 2.77. The van der Waals surface area contributed by atoms with Gasteiger partial charge in [0.25, 0.3) is 0 Å². The van der Waals surface area contributed by atoms with E-state index >= 15 is 0 Å². The molecule has 0 radical (unpaired) electrons. The minimum atomic E-state index is -0.833. The van der Waals surface area contributed by atoms with Crippen molar-refractivity contribution in [3.63, 3.8) is 0 Å². The van der Waals surface area contributed by atoms with Crippen molar-refractivity contribution in [3.8, 4) is 0 Å². The summed E-state index contributed by atoms with van der Waals surface area (Å²) in [6, 6.07) is 12.0. The number of rotatable bonds is 0. The summed E-state index contributed by atoms with van der Waals surface area (Å²) < 4.78 is 16.9. The zero-order chi connectivity index (χ0) is 9.66. The molecule has 0 saturated heterocycles. The summed E-state index contributed by atoms with van der Waals surface area (Å²) in [5.41, 5.74) is 0. The molecular formula is C6H8O4P2Zn+2. The standard InChI is InChI=1S/C6H6.2HO2P.Zn/c1-2-4-6-5-3-1;2*1-3-2;/h1-6H;2*(H,1,2);/q;;;+2. The van der Waals surface area contributed by atoms with Crippen LogP contribution in [-0.4, -0.2) is 9.79 Å². The van der Waals surface area contributed by atoms with E-state index in [0.29, 0.717) is 0 Å². The zero-order valence-electron chi connectivity index (χ0n) is 6.78. The minimum absolute atomic E-state index is 0. The Labute approximate surface area is 92.3 Å². The Morgan fingerprint density at radius 3 is 0.846 bits per heavy atom. The van der Waals surface area contributed by atoms with Crippen LogP contribution in [0.5, 0.6) is 0 Å². The largest absolute Gasteiger partial charge is 2.00 e. The monoisotopic (exact) mass is 270 g/mol.